The Morgan fingerprint density at radius 2 is 1.71 bits per heavy atom. The summed E-state index contributed by atoms with van der Waals surface area (Å²) >= 11 is 1.54. The molecule has 0 spiro atoms. The number of rotatable bonds is 3. The number of thiophene rings is 1. The van der Waals surface area contributed by atoms with E-state index in [9.17, 15) is 0 Å². The summed E-state index contributed by atoms with van der Waals surface area (Å²) < 4.78 is 24.4. The van der Waals surface area contributed by atoms with Crippen molar-refractivity contribution in [2.75, 3.05) is 0 Å². The Morgan fingerprint density at radius 3 is 2.45 bits per heavy atom. The van der Waals surface area contributed by atoms with Crippen molar-refractivity contribution in [1.82, 2.24) is 15.0 Å². The van der Waals surface area contributed by atoms with E-state index in [1.807, 2.05) is 107 Å². The molecule has 42 heavy (non-hydrogen) atoms. The van der Waals surface area contributed by atoms with Crippen LogP contribution in [0.5, 0.6) is 0 Å². The first-order valence-electron chi connectivity index (χ1n) is 14.5. The van der Waals surface area contributed by atoms with Crippen LogP contribution in [0.25, 0.3) is 54.7 Å². The maximum absolute atomic E-state index is 8.64. The minimum atomic E-state index is -1.46. The van der Waals surface area contributed by atoms with Crippen LogP contribution in [0, 0.1) is 31.4 Å². The molecule has 0 amide bonds. The molecule has 0 unspecified atom stereocenters. The van der Waals surface area contributed by atoms with Gasteiger partial charge >= 0.3 is 0 Å². The van der Waals surface area contributed by atoms with Crippen molar-refractivity contribution in [3.8, 4) is 22.5 Å². The molecule has 7 rings (SSSR count). The number of furan rings is 1. The van der Waals surface area contributed by atoms with Crippen molar-refractivity contribution in [1.29, 1.82) is 0 Å². The third kappa shape index (κ3) is 6.36. The summed E-state index contributed by atoms with van der Waals surface area (Å²) in [6, 6.07) is 28.2. The van der Waals surface area contributed by atoms with Crippen LogP contribution < -0.4 is 0 Å². The number of benzene rings is 2. The van der Waals surface area contributed by atoms with Crippen molar-refractivity contribution in [2.45, 2.75) is 41.0 Å². The van der Waals surface area contributed by atoms with E-state index in [1.54, 1.807) is 17.5 Å². The number of pyridine rings is 3. The molecule has 6 heteroatoms. The van der Waals surface area contributed by atoms with Gasteiger partial charge in [0.1, 0.15) is 0 Å². The summed E-state index contributed by atoms with van der Waals surface area (Å²) in [5, 5.41) is 4.74. The number of aromatic nitrogens is 3. The van der Waals surface area contributed by atoms with Crippen LogP contribution in [0.1, 0.15) is 40.3 Å². The van der Waals surface area contributed by atoms with Gasteiger partial charge in [0.05, 0.1) is 5.58 Å². The summed E-state index contributed by atoms with van der Waals surface area (Å²) in [4.78, 5) is 13.5. The molecule has 0 aliphatic carbocycles. The van der Waals surface area contributed by atoms with Crippen molar-refractivity contribution < 1.29 is 27.3 Å². The van der Waals surface area contributed by atoms with Gasteiger partial charge in [0.25, 0.3) is 0 Å². The molecule has 0 bridgehead atoms. The van der Waals surface area contributed by atoms with Gasteiger partial charge in [-0.05, 0) is 65.7 Å². The maximum atomic E-state index is 8.64. The minimum Gasteiger partial charge on any atom is -0.486 e. The average molecular weight is 748 g/mol. The van der Waals surface area contributed by atoms with Gasteiger partial charge in [-0.15, -0.1) is 65.4 Å². The standard InChI is InChI=1S/C24H21N2OS.C12H10N.Ir/c1-14-8-9-17-16-6-5-7-18(22(16)27-23(17)26-14)20-10-21-19(12-25-20)15(13-28-21)11-24(2,3)4;1-10-7-8-12(13-9-10)11-5-3-2-4-6-11;/h5-6,8-10,12-13H,11H2,1-4H3;2-5,7-9H,1H3;/q2*-1;/i11D2;;. The first-order chi connectivity index (χ1) is 20.5. The molecule has 213 valence electrons. The van der Waals surface area contributed by atoms with Gasteiger partial charge in [-0.25, -0.2) is 4.98 Å². The molecule has 0 fully saturated rings. The molecule has 5 heterocycles. The Hall–Kier alpha value is -3.70. The molecule has 0 atom stereocenters. The van der Waals surface area contributed by atoms with Crippen LogP contribution in [-0.2, 0) is 26.5 Å². The molecular formula is C36H31IrN3OS-2. The number of fused-ring (bicyclic) bond motifs is 4. The predicted octanol–water partition coefficient (Wildman–Crippen LogP) is 9.81. The largest absolute Gasteiger partial charge is 0.486 e. The molecule has 2 aromatic carbocycles. The smallest absolute Gasteiger partial charge is 0.216 e. The van der Waals surface area contributed by atoms with E-state index in [1.165, 1.54) is 5.56 Å². The zero-order valence-electron chi connectivity index (χ0n) is 26.1. The van der Waals surface area contributed by atoms with Crippen LogP contribution in [0.4, 0.5) is 0 Å². The Labute approximate surface area is 267 Å². The molecule has 5 aromatic heterocycles. The zero-order chi connectivity index (χ0) is 30.4. The van der Waals surface area contributed by atoms with Crippen LogP contribution in [-0.4, -0.2) is 15.0 Å². The number of hydrogen-bond donors (Lipinski definition) is 0. The van der Waals surface area contributed by atoms with Gasteiger partial charge in [0.15, 0.2) is 0 Å². The van der Waals surface area contributed by atoms with E-state index < -0.39 is 11.8 Å². The van der Waals surface area contributed by atoms with E-state index >= 15 is 0 Å². The van der Waals surface area contributed by atoms with Gasteiger partial charge in [0, 0.05) is 56.4 Å². The molecule has 0 N–H and O–H groups in total. The molecule has 0 aliphatic heterocycles. The number of aryl methyl sites for hydroxylation is 2. The summed E-state index contributed by atoms with van der Waals surface area (Å²) in [6.45, 7) is 9.74. The van der Waals surface area contributed by atoms with Crippen molar-refractivity contribution in [3.63, 3.8) is 0 Å². The zero-order valence-corrected chi connectivity index (χ0v) is 27.3. The van der Waals surface area contributed by atoms with Gasteiger partial charge in [0.2, 0.25) is 5.71 Å². The molecule has 0 aliphatic rings. The van der Waals surface area contributed by atoms with Crippen LogP contribution in [0.2, 0.25) is 0 Å². The number of hydrogen-bond acceptors (Lipinski definition) is 5. The third-order valence-corrected chi connectivity index (χ3v) is 7.51. The normalized spacial score (nSPS) is 12.4. The second kappa shape index (κ2) is 12.3. The van der Waals surface area contributed by atoms with Gasteiger partial charge in [-0.2, -0.15) is 0 Å². The van der Waals surface area contributed by atoms with E-state index in [0.717, 1.165) is 54.7 Å². The summed E-state index contributed by atoms with van der Waals surface area (Å²) in [5.41, 5.74) is 7.17. The monoisotopic (exact) mass is 748 g/mol. The third-order valence-electron chi connectivity index (χ3n) is 6.56. The second-order valence-corrected chi connectivity index (χ2v) is 12.0. The Bertz CT molecular complexity index is 2060. The van der Waals surface area contributed by atoms with Crippen molar-refractivity contribution in [3.05, 3.63) is 113 Å². The molecule has 4 nitrogen and oxygen atoms in total. The van der Waals surface area contributed by atoms with Crippen molar-refractivity contribution >= 4 is 43.5 Å². The van der Waals surface area contributed by atoms with Gasteiger partial charge in [-0.1, -0.05) is 49.9 Å². The fraction of sp³-hybridized carbons (Fsp3) is 0.194. The molecule has 0 saturated carbocycles. The fourth-order valence-corrected chi connectivity index (χ4v) is 5.54. The Balaban J connectivity index is 0.000000230. The summed E-state index contributed by atoms with van der Waals surface area (Å²) in [6.07, 6.45) is 2.19. The fourth-order valence-electron chi connectivity index (χ4n) is 4.64. The molecule has 1 radical (unpaired) electrons. The van der Waals surface area contributed by atoms with Crippen LogP contribution in [0.15, 0.2) is 88.9 Å². The molecule has 0 saturated heterocycles. The number of nitrogens with zero attached hydrogens (tertiary/aromatic N) is 3. The van der Waals surface area contributed by atoms with Gasteiger partial charge in [-0.3, -0.25) is 0 Å². The quantitative estimate of drug-likeness (QED) is 0.169. The van der Waals surface area contributed by atoms with Crippen LogP contribution in [0.3, 0.4) is 0 Å². The topological polar surface area (TPSA) is 51.8 Å². The Kier molecular flexibility index (Phi) is 7.93. The average Bonchev–Trinajstić information content (AvgIpc) is 3.59. The SMILES string of the molecule is Cc1ccc(-c2[c-]cccc2)nc1.[2H]C([2H])(c1csc2cc(-c3[c-]ccc4c3oc3nc(C)ccc34)ncc12)C(C)(C)C.[Ir]. The summed E-state index contributed by atoms with van der Waals surface area (Å²) in [5.74, 6) is 0. The second-order valence-electron chi connectivity index (χ2n) is 11.1. The minimum absolute atomic E-state index is 0. The van der Waals surface area contributed by atoms with E-state index in [-0.39, 0.29) is 20.1 Å². The van der Waals surface area contributed by atoms with Gasteiger partial charge < -0.3 is 14.4 Å². The van der Waals surface area contributed by atoms with E-state index in [4.69, 9.17) is 7.16 Å². The van der Waals surface area contributed by atoms with Crippen LogP contribution >= 0.6 is 11.3 Å². The molecule has 7 aromatic rings. The van der Waals surface area contributed by atoms with E-state index in [2.05, 4.69) is 33.2 Å². The molecular weight excluding hydrogens is 715 g/mol. The maximum Gasteiger partial charge on any atom is 0.216 e. The first-order valence-corrected chi connectivity index (χ1v) is 14.4. The summed E-state index contributed by atoms with van der Waals surface area (Å²) in [7, 11) is 0. The van der Waals surface area contributed by atoms with Crippen molar-refractivity contribution in [2.24, 2.45) is 5.41 Å². The predicted molar refractivity (Wildman–Crippen MR) is 170 cm³/mol. The first kappa shape index (κ1) is 27.2. The Morgan fingerprint density at radius 1 is 0.881 bits per heavy atom. The van der Waals surface area contributed by atoms with E-state index in [0.29, 0.717) is 11.3 Å².